The highest BCUT2D eigenvalue weighted by Crippen LogP contribution is 2.40. The number of piperidine rings is 1. The van der Waals surface area contributed by atoms with E-state index >= 15 is 0 Å². The lowest BCUT2D eigenvalue weighted by Crippen LogP contribution is -2.48. The average Bonchev–Trinajstić information content (AvgIpc) is 3.21. The fraction of sp³-hybridized carbons (Fsp3) is 0.471. The van der Waals surface area contributed by atoms with E-state index in [-0.39, 0.29) is 30.4 Å². The van der Waals surface area contributed by atoms with Crippen molar-refractivity contribution in [1.29, 1.82) is 0 Å². The Bertz CT molecular complexity index is 690. The van der Waals surface area contributed by atoms with E-state index in [9.17, 15) is 9.18 Å². The van der Waals surface area contributed by atoms with E-state index in [4.69, 9.17) is 4.74 Å². The smallest absolute Gasteiger partial charge is 0.261 e. The largest absolute Gasteiger partial charge is 0.484 e. The number of carbonyl (C=O) groups excluding carboxylic acids is 1. The van der Waals surface area contributed by atoms with Crippen LogP contribution in [0.4, 0.5) is 4.39 Å². The molecule has 126 valence electrons. The monoisotopic (exact) mass is 330 g/mol. The molecular weight excluding hydrogens is 311 g/mol. The highest BCUT2D eigenvalue weighted by atomic mass is 19.1. The molecule has 0 radical (unpaired) electrons. The normalized spacial score (nSPS) is 25.7. The van der Waals surface area contributed by atoms with Crippen LogP contribution in [-0.4, -0.2) is 44.5 Å². The van der Waals surface area contributed by atoms with Gasteiger partial charge in [-0.2, -0.15) is 0 Å². The van der Waals surface area contributed by atoms with Crippen LogP contribution in [0.5, 0.6) is 5.75 Å². The summed E-state index contributed by atoms with van der Waals surface area (Å²) in [7, 11) is 0. The highest BCUT2D eigenvalue weighted by Gasteiger charge is 2.43. The molecule has 2 bridgehead atoms. The summed E-state index contributed by atoms with van der Waals surface area (Å²) in [5, 5.41) is 7.97. The van der Waals surface area contributed by atoms with E-state index in [1.54, 1.807) is 6.20 Å². The van der Waals surface area contributed by atoms with E-state index in [0.717, 1.165) is 25.7 Å². The predicted molar refractivity (Wildman–Crippen MR) is 83.8 cm³/mol. The first kappa shape index (κ1) is 15.1. The Kier molecular flexibility index (Phi) is 3.92. The molecule has 0 saturated carbocycles. The number of rotatable bonds is 4. The van der Waals surface area contributed by atoms with Crippen LogP contribution >= 0.6 is 0 Å². The third-order valence-electron chi connectivity index (χ3n) is 4.99. The number of hydrogen-bond donors (Lipinski definition) is 0. The third-order valence-corrected chi connectivity index (χ3v) is 4.99. The second kappa shape index (κ2) is 6.22. The molecule has 2 aliphatic heterocycles. The molecule has 7 heteroatoms. The van der Waals surface area contributed by atoms with E-state index in [0.29, 0.717) is 11.8 Å². The van der Waals surface area contributed by atoms with Crippen LogP contribution in [0.3, 0.4) is 0 Å². The van der Waals surface area contributed by atoms with Crippen LogP contribution in [0, 0.1) is 5.82 Å². The van der Waals surface area contributed by atoms with Crippen molar-refractivity contribution in [2.75, 3.05) is 6.61 Å². The molecule has 2 fully saturated rings. The van der Waals surface area contributed by atoms with Gasteiger partial charge >= 0.3 is 0 Å². The maximum absolute atomic E-state index is 12.9. The minimum absolute atomic E-state index is 0.00358. The van der Waals surface area contributed by atoms with Gasteiger partial charge in [-0.05, 0) is 49.9 Å². The molecule has 2 saturated heterocycles. The number of fused-ring (bicyclic) bond motifs is 2. The predicted octanol–water partition coefficient (Wildman–Crippen LogP) is 2.19. The second-order valence-electron chi connectivity index (χ2n) is 6.44. The van der Waals surface area contributed by atoms with E-state index in [1.165, 1.54) is 24.3 Å². The molecule has 1 amide bonds. The Hall–Kier alpha value is -2.44. The molecule has 6 nitrogen and oxygen atoms in total. The van der Waals surface area contributed by atoms with Crippen molar-refractivity contribution in [2.45, 2.75) is 43.8 Å². The van der Waals surface area contributed by atoms with E-state index < -0.39 is 0 Å². The molecule has 0 aliphatic carbocycles. The second-order valence-corrected chi connectivity index (χ2v) is 6.44. The average molecular weight is 330 g/mol. The van der Waals surface area contributed by atoms with Gasteiger partial charge in [0, 0.05) is 18.3 Å². The van der Waals surface area contributed by atoms with Crippen molar-refractivity contribution in [2.24, 2.45) is 0 Å². The molecule has 4 rings (SSSR count). The lowest BCUT2D eigenvalue weighted by Gasteiger charge is -2.38. The molecule has 2 unspecified atom stereocenters. The molecule has 0 spiro atoms. The minimum atomic E-state index is -0.318. The minimum Gasteiger partial charge on any atom is -0.484 e. The lowest BCUT2D eigenvalue weighted by molar-refractivity contribution is -0.138. The summed E-state index contributed by atoms with van der Waals surface area (Å²) in [5.74, 6) is 0.195. The number of benzene rings is 1. The van der Waals surface area contributed by atoms with Gasteiger partial charge in [-0.3, -0.25) is 4.79 Å². The van der Waals surface area contributed by atoms with Crippen molar-refractivity contribution in [1.82, 2.24) is 19.9 Å². The summed E-state index contributed by atoms with van der Waals surface area (Å²) in [6.07, 6.45) is 7.44. The summed E-state index contributed by atoms with van der Waals surface area (Å²) in [5.41, 5.74) is 0. The van der Waals surface area contributed by atoms with Gasteiger partial charge in [0.2, 0.25) is 0 Å². The molecule has 2 aromatic rings. The number of hydrogen-bond acceptors (Lipinski definition) is 4. The van der Waals surface area contributed by atoms with Gasteiger partial charge in [-0.1, -0.05) is 5.21 Å². The zero-order valence-corrected chi connectivity index (χ0v) is 13.2. The molecule has 2 atom stereocenters. The van der Waals surface area contributed by atoms with E-state index in [1.807, 2.05) is 15.8 Å². The van der Waals surface area contributed by atoms with Gasteiger partial charge in [0.25, 0.3) is 5.91 Å². The number of nitrogens with zero attached hydrogens (tertiary/aromatic N) is 4. The molecular formula is C17H19FN4O2. The number of aromatic nitrogens is 3. The third kappa shape index (κ3) is 2.86. The summed E-state index contributed by atoms with van der Waals surface area (Å²) in [6, 6.07) is 6.51. The number of ether oxygens (including phenoxy) is 1. The molecule has 3 heterocycles. The summed E-state index contributed by atoms with van der Waals surface area (Å²) in [6.45, 7) is -0.00732. The van der Waals surface area contributed by atoms with Crippen molar-refractivity contribution >= 4 is 5.91 Å². The van der Waals surface area contributed by atoms with Crippen molar-refractivity contribution in [3.05, 3.63) is 42.5 Å². The summed E-state index contributed by atoms with van der Waals surface area (Å²) in [4.78, 5) is 14.6. The van der Waals surface area contributed by atoms with Crippen LogP contribution in [-0.2, 0) is 4.79 Å². The zero-order chi connectivity index (χ0) is 16.5. The van der Waals surface area contributed by atoms with Gasteiger partial charge < -0.3 is 9.64 Å². The SMILES string of the molecule is O=C(COc1ccc(F)cc1)N1C2CCC1CC(n1ccnn1)C2. The van der Waals surface area contributed by atoms with Gasteiger partial charge in [0.05, 0.1) is 12.2 Å². The van der Waals surface area contributed by atoms with Crippen LogP contribution in [0.1, 0.15) is 31.7 Å². The van der Waals surface area contributed by atoms with Crippen LogP contribution < -0.4 is 4.74 Å². The molecule has 1 aromatic carbocycles. The zero-order valence-electron chi connectivity index (χ0n) is 13.2. The van der Waals surface area contributed by atoms with Gasteiger partial charge in [0.1, 0.15) is 11.6 Å². The number of carbonyl (C=O) groups is 1. The quantitative estimate of drug-likeness (QED) is 0.862. The van der Waals surface area contributed by atoms with Gasteiger partial charge in [-0.25, -0.2) is 9.07 Å². The highest BCUT2D eigenvalue weighted by molar-refractivity contribution is 5.79. The molecule has 2 aliphatic rings. The number of halogens is 1. The van der Waals surface area contributed by atoms with E-state index in [2.05, 4.69) is 10.3 Å². The Morgan fingerprint density at radius 3 is 2.50 bits per heavy atom. The molecule has 1 aromatic heterocycles. The first-order valence-corrected chi connectivity index (χ1v) is 8.26. The Labute approximate surface area is 139 Å². The van der Waals surface area contributed by atoms with Crippen molar-refractivity contribution < 1.29 is 13.9 Å². The first-order valence-electron chi connectivity index (χ1n) is 8.26. The summed E-state index contributed by atoms with van der Waals surface area (Å²) < 4.78 is 20.3. The van der Waals surface area contributed by atoms with Gasteiger partial charge in [-0.15, -0.1) is 5.10 Å². The van der Waals surface area contributed by atoms with Crippen LogP contribution in [0.2, 0.25) is 0 Å². The van der Waals surface area contributed by atoms with Crippen molar-refractivity contribution in [3.8, 4) is 5.75 Å². The van der Waals surface area contributed by atoms with Gasteiger partial charge in [0.15, 0.2) is 6.61 Å². The van der Waals surface area contributed by atoms with Crippen LogP contribution in [0.25, 0.3) is 0 Å². The standard InChI is InChI=1S/C17H19FN4O2/c18-12-1-5-16(6-2-12)24-11-17(23)22-13-3-4-14(22)10-15(9-13)21-8-7-19-20-21/h1-2,5-8,13-15H,3-4,9-11H2. The lowest BCUT2D eigenvalue weighted by atomic mass is 9.97. The fourth-order valence-corrected chi connectivity index (χ4v) is 3.93. The summed E-state index contributed by atoms with van der Waals surface area (Å²) >= 11 is 0. The topological polar surface area (TPSA) is 60.2 Å². The Balaban J connectivity index is 1.38. The fourth-order valence-electron chi connectivity index (χ4n) is 3.93. The molecule has 24 heavy (non-hydrogen) atoms. The maximum atomic E-state index is 12.9. The maximum Gasteiger partial charge on any atom is 0.261 e. The Morgan fingerprint density at radius 1 is 1.17 bits per heavy atom. The first-order chi connectivity index (χ1) is 11.7. The number of amides is 1. The Morgan fingerprint density at radius 2 is 1.88 bits per heavy atom. The van der Waals surface area contributed by atoms with Crippen molar-refractivity contribution in [3.63, 3.8) is 0 Å². The molecule has 0 N–H and O–H groups in total. The van der Waals surface area contributed by atoms with Crippen LogP contribution in [0.15, 0.2) is 36.7 Å².